The van der Waals surface area contributed by atoms with Crippen LogP contribution in [-0.4, -0.2) is 25.8 Å². The maximum absolute atomic E-state index is 11.0. The van der Waals surface area contributed by atoms with E-state index in [-0.39, 0.29) is 5.56 Å². The van der Waals surface area contributed by atoms with E-state index in [0.717, 1.165) is 0 Å². The quantitative estimate of drug-likeness (QED) is 0.796. The van der Waals surface area contributed by atoms with E-state index in [1.807, 2.05) is 0 Å². The van der Waals surface area contributed by atoms with E-state index in [4.69, 9.17) is 9.63 Å². The molecular formula is C9H9N3O3. The average Bonchev–Trinajstić information content (AvgIpc) is 2.71. The lowest BCUT2D eigenvalue weighted by Gasteiger charge is -1.98. The van der Waals surface area contributed by atoms with Gasteiger partial charge in [0.25, 0.3) is 0 Å². The predicted molar refractivity (Wildman–Crippen MR) is 50.4 cm³/mol. The van der Waals surface area contributed by atoms with Gasteiger partial charge in [0, 0.05) is 7.05 Å². The Morgan fingerprint density at radius 1 is 1.60 bits per heavy atom. The van der Waals surface area contributed by atoms with Gasteiger partial charge in [-0.3, -0.25) is 0 Å². The Morgan fingerprint density at radius 3 is 2.87 bits per heavy atom. The van der Waals surface area contributed by atoms with Crippen LogP contribution in [0.4, 0.5) is 0 Å². The number of carboxylic acid groups (broad SMARTS) is 1. The lowest BCUT2D eigenvalue weighted by atomic mass is 10.1. The number of aryl methyl sites for hydroxylation is 2. The van der Waals surface area contributed by atoms with Gasteiger partial charge in [-0.05, 0) is 6.92 Å². The van der Waals surface area contributed by atoms with Crippen molar-refractivity contribution >= 4 is 5.97 Å². The standard InChI is InChI=1S/C9H9N3O3/c1-5-7(9(13)14)8(11-15-5)6-3-10-4-12(6)2/h3-4H,1-2H3,(H,13,14). The summed E-state index contributed by atoms with van der Waals surface area (Å²) < 4.78 is 6.55. The van der Waals surface area contributed by atoms with Crippen LogP contribution in [0.2, 0.25) is 0 Å². The molecule has 1 N–H and O–H groups in total. The highest BCUT2D eigenvalue weighted by Crippen LogP contribution is 2.24. The Labute approximate surface area is 85.1 Å². The Bertz CT molecular complexity index is 512. The minimum atomic E-state index is -1.05. The van der Waals surface area contributed by atoms with E-state index in [0.29, 0.717) is 17.1 Å². The topological polar surface area (TPSA) is 81.2 Å². The molecule has 0 aliphatic rings. The number of hydrogen-bond acceptors (Lipinski definition) is 4. The van der Waals surface area contributed by atoms with E-state index in [1.165, 1.54) is 0 Å². The summed E-state index contributed by atoms with van der Waals surface area (Å²) in [5.74, 6) is -0.761. The predicted octanol–water partition coefficient (Wildman–Crippen LogP) is 1.08. The fourth-order valence-electron chi connectivity index (χ4n) is 1.38. The molecule has 0 amide bonds. The molecule has 78 valence electrons. The number of carboxylic acids is 1. The summed E-state index contributed by atoms with van der Waals surface area (Å²) in [6, 6.07) is 0. The second-order valence-corrected chi connectivity index (χ2v) is 3.16. The second kappa shape index (κ2) is 3.23. The Kier molecular flexibility index (Phi) is 2.03. The molecule has 0 saturated carbocycles. The molecule has 2 aromatic heterocycles. The van der Waals surface area contributed by atoms with Gasteiger partial charge in [0.1, 0.15) is 17.0 Å². The Balaban J connectivity index is 2.64. The highest BCUT2D eigenvalue weighted by atomic mass is 16.5. The van der Waals surface area contributed by atoms with E-state index < -0.39 is 5.97 Å². The van der Waals surface area contributed by atoms with Crippen LogP contribution in [0, 0.1) is 6.92 Å². The summed E-state index contributed by atoms with van der Waals surface area (Å²) >= 11 is 0. The van der Waals surface area contributed by atoms with Crippen molar-refractivity contribution in [3.8, 4) is 11.4 Å². The van der Waals surface area contributed by atoms with Crippen LogP contribution in [0.5, 0.6) is 0 Å². The molecule has 6 heteroatoms. The Morgan fingerprint density at radius 2 is 2.33 bits per heavy atom. The zero-order valence-corrected chi connectivity index (χ0v) is 8.26. The van der Waals surface area contributed by atoms with Crippen molar-refractivity contribution in [2.24, 2.45) is 7.05 Å². The van der Waals surface area contributed by atoms with Crippen molar-refractivity contribution in [2.45, 2.75) is 6.92 Å². The molecule has 0 radical (unpaired) electrons. The molecule has 0 aliphatic carbocycles. The zero-order chi connectivity index (χ0) is 11.0. The highest BCUT2D eigenvalue weighted by Gasteiger charge is 2.22. The van der Waals surface area contributed by atoms with E-state index in [9.17, 15) is 4.79 Å². The third kappa shape index (κ3) is 1.39. The van der Waals surface area contributed by atoms with Crippen LogP contribution in [0.25, 0.3) is 11.4 Å². The van der Waals surface area contributed by atoms with E-state index in [1.54, 1.807) is 31.1 Å². The molecule has 0 aliphatic heterocycles. The van der Waals surface area contributed by atoms with Gasteiger partial charge in [0.2, 0.25) is 0 Å². The highest BCUT2D eigenvalue weighted by molar-refractivity contribution is 5.95. The Hall–Kier alpha value is -2.11. The lowest BCUT2D eigenvalue weighted by molar-refractivity contribution is 0.0695. The first-order valence-corrected chi connectivity index (χ1v) is 4.27. The molecule has 0 unspecified atom stereocenters. The van der Waals surface area contributed by atoms with Gasteiger partial charge in [0.15, 0.2) is 0 Å². The lowest BCUT2D eigenvalue weighted by Crippen LogP contribution is -2.01. The van der Waals surface area contributed by atoms with Gasteiger partial charge in [-0.15, -0.1) is 0 Å². The molecule has 0 aromatic carbocycles. The summed E-state index contributed by atoms with van der Waals surface area (Å²) in [6.07, 6.45) is 3.12. The van der Waals surface area contributed by atoms with Gasteiger partial charge in [-0.2, -0.15) is 0 Å². The van der Waals surface area contributed by atoms with Crippen LogP contribution < -0.4 is 0 Å². The molecule has 2 rings (SSSR count). The minimum Gasteiger partial charge on any atom is -0.477 e. The molecular weight excluding hydrogens is 198 g/mol. The summed E-state index contributed by atoms with van der Waals surface area (Å²) in [4.78, 5) is 14.9. The van der Waals surface area contributed by atoms with E-state index in [2.05, 4.69) is 10.1 Å². The third-order valence-corrected chi connectivity index (χ3v) is 2.14. The van der Waals surface area contributed by atoms with Crippen molar-refractivity contribution in [3.63, 3.8) is 0 Å². The van der Waals surface area contributed by atoms with Gasteiger partial charge in [0.05, 0.1) is 18.2 Å². The zero-order valence-electron chi connectivity index (χ0n) is 8.26. The first kappa shape index (κ1) is 9.45. The van der Waals surface area contributed by atoms with Crippen LogP contribution in [0.15, 0.2) is 17.0 Å². The summed E-state index contributed by atoms with van der Waals surface area (Å²) in [6.45, 7) is 1.57. The van der Waals surface area contributed by atoms with Gasteiger partial charge in [-0.1, -0.05) is 5.16 Å². The minimum absolute atomic E-state index is 0.0820. The molecule has 2 aromatic rings. The fraction of sp³-hybridized carbons (Fsp3) is 0.222. The van der Waals surface area contributed by atoms with Crippen LogP contribution >= 0.6 is 0 Å². The largest absolute Gasteiger partial charge is 0.477 e. The second-order valence-electron chi connectivity index (χ2n) is 3.16. The van der Waals surface area contributed by atoms with Gasteiger partial charge in [-0.25, -0.2) is 9.78 Å². The monoisotopic (exact) mass is 207 g/mol. The SMILES string of the molecule is Cc1onc(-c2cncn2C)c1C(=O)O. The maximum Gasteiger partial charge on any atom is 0.341 e. The molecule has 0 bridgehead atoms. The summed E-state index contributed by atoms with van der Waals surface area (Å²) in [7, 11) is 1.76. The smallest absolute Gasteiger partial charge is 0.341 e. The molecule has 6 nitrogen and oxygen atoms in total. The number of aromatic carboxylic acids is 1. The fourth-order valence-corrected chi connectivity index (χ4v) is 1.38. The molecule has 2 heterocycles. The van der Waals surface area contributed by atoms with Crippen LogP contribution in [-0.2, 0) is 7.05 Å². The molecule has 0 spiro atoms. The van der Waals surface area contributed by atoms with Crippen molar-refractivity contribution in [3.05, 3.63) is 23.8 Å². The third-order valence-electron chi connectivity index (χ3n) is 2.14. The number of nitrogens with zero attached hydrogens (tertiary/aromatic N) is 3. The first-order chi connectivity index (χ1) is 7.11. The molecule has 0 saturated heterocycles. The number of aromatic nitrogens is 3. The number of imidazole rings is 1. The van der Waals surface area contributed by atoms with Gasteiger partial charge >= 0.3 is 5.97 Å². The normalized spacial score (nSPS) is 10.5. The van der Waals surface area contributed by atoms with Crippen molar-refractivity contribution in [1.82, 2.24) is 14.7 Å². The van der Waals surface area contributed by atoms with Gasteiger partial charge < -0.3 is 14.2 Å². The van der Waals surface area contributed by atoms with Crippen molar-refractivity contribution in [1.29, 1.82) is 0 Å². The number of rotatable bonds is 2. The maximum atomic E-state index is 11.0. The number of carbonyl (C=O) groups is 1. The van der Waals surface area contributed by atoms with Crippen molar-refractivity contribution in [2.75, 3.05) is 0 Å². The summed E-state index contributed by atoms with van der Waals surface area (Å²) in [5, 5.41) is 12.7. The van der Waals surface area contributed by atoms with Crippen LogP contribution in [0.3, 0.4) is 0 Å². The molecule has 15 heavy (non-hydrogen) atoms. The molecule has 0 atom stereocenters. The molecule has 0 fully saturated rings. The summed E-state index contributed by atoms with van der Waals surface area (Å²) in [5.41, 5.74) is 1.00. The van der Waals surface area contributed by atoms with Crippen molar-refractivity contribution < 1.29 is 14.4 Å². The average molecular weight is 207 g/mol. The first-order valence-electron chi connectivity index (χ1n) is 4.27. The van der Waals surface area contributed by atoms with E-state index >= 15 is 0 Å². The number of hydrogen-bond donors (Lipinski definition) is 1. The van der Waals surface area contributed by atoms with Crippen LogP contribution in [0.1, 0.15) is 16.1 Å².